The maximum absolute atomic E-state index is 11.6. The van der Waals surface area contributed by atoms with Crippen LogP contribution in [0.5, 0.6) is 0 Å². The van der Waals surface area contributed by atoms with Crippen LogP contribution in [0.15, 0.2) is 21.9 Å². The summed E-state index contributed by atoms with van der Waals surface area (Å²) >= 11 is 1.60. The molecule has 18 heavy (non-hydrogen) atoms. The fourth-order valence-corrected chi connectivity index (χ4v) is 3.00. The number of thioether (sulfide) groups is 1. The molecule has 2 atom stereocenters. The molecule has 2 unspecified atom stereocenters. The van der Waals surface area contributed by atoms with Gasteiger partial charge in [-0.1, -0.05) is 0 Å². The molecular weight excluding hydrogens is 256 g/mol. The van der Waals surface area contributed by atoms with Crippen molar-refractivity contribution in [3.05, 3.63) is 33.1 Å². The number of aliphatic hydroxyl groups is 1. The van der Waals surface area contributed by atoms with E-state index in [-0.39, 0.29) is 6.61 Å². The number of aromatic nitrogens is 2. The lowest BCUT2D eigenvalue weighted by Gasteiger charge is -2.26. The van der Waals surface area contributed by atoms with E-state index in [1.165, 1.54) is 16.8 Å². The van der Waals surface area contributed by atoms with E-state index in [0.29, 0.717) is 18.6 Å². The highest BCUT2D eigenvalue weighted by Gasteiger charge is 2.40. The van der Waals surface area contributed by atoms with Gasteiger partial charge in [0.1, 0.15) is 11.8 Å². The van der Waals surface area contributed by atoms with E-state index in [4.69, 9.17) is 4.74 Å². The van der Waals surface area contributed by atoms with Gasteiger partial charge in [-0.05, 0) is 19.1 Å². The highest BCUT2D eigenvalue weighted by atomic mass is 32.2. The third-order valence-corrected chi connectivity index (χ3v) is 3.90. The Balaban J connectivity index is 2.22. The molecular formula is C11H16N2O4S. The van der Waals surface area contributed by atoms with Crippen LogP contribution in [-0.4, -0.2) is 38.9 Å². The van der Waals surface area contributed by atoms with Gasteiger partial charge in [-0.3, -0.25) is 14.3 Å². The van der Waals surface area contributed by atoms with E-state index >= 15 is 0 Å². The number of hydrogen-bond donors (Lipinski definition) is 2. The summed E-state index contributed by atoms with van der Waals surface area (Å²) in [7, 11) is 0. The molecule has 2 rings (SSSR count). The summed E-state index contributed by atoms with van der Waals surface area (Å²) < 4.78 is 7.18. The van der Waals surface area contributed by atoms with Crippen LogP contribution in [0, 0.1) is 0 Å². The molecule has 100 valence electrons. The minimum Gasteiger partial charge on any atom is -0.393 e. The minimum atomic E-state index is -0.584. The molecule has 2 N–H and O–H groups in total. The predicted octanol–water partition coefficient (Wildman–Crippen LogP) is -0.0603. The van der Waals surface area contributed by atoms with Gasteiger partial charge < -0.3 is 9.84 Å². The number of aliphatic hydroxyl groups excluding tert-OH is 1. The number of ether oxygens (including phenoxy) is 1. The van der Waals surface area contributed by atoms with Gasteiger partial charge in [0, 0.05) is 18.0 Å². The average Bonchev–Trinajstić information content (AvgIpc) is 2.74. The van der Waals surface area contributed by atoms with Crippen LogP contribution in [0.2, 0.25) is 0 Å². The molecule has 1 fully saturated rings. The lowest BCUT2D eigenvalue weighted by Crippen LogP contribution is -2.38. The van der Waals surface area contributed by atoms with Gasteiger partial charge in [0.2, 0.25) is 0 Å². The Morgan fingerprint density at radius 3 is 3.06 bits per heavy atom. The molecule has 1 aromatic rings. The second-order valence-electron chi connectivity index (χ2n) is 4.40. The molecule has 6 nitrogen and oxygen atoms in total. The lowest BCUT2D eigenvalue weighted by atomic mass is 10.0. The molecule has 1 aromatic heterocycles. The Bertz CT molecular complexity index is 526. The molecule has 0 amide bonds. The van der Waals surface area contributed by atoms with Crippen LogP contribution < -0.4 is 11.2 Å². The first-order valence-corrected chi connectivity index (χ1v) is 7.09. The second kappa shape index (κ2) is 5.29. The molecule has 0 radical (unpaired) electrons. The lowest BCUT2D eigenvalue weighted by molar-refractivity contribution is -0.0851. The van der Waals surface area contributed by atoms with E-state index < -0.39 is 23.1 Å². The van der Waals surface area contributed by atoms with Crippen LogP contribution in [0.4, 0.5) is 0 Å². The predicted molar refractivity (Wildman–Crippen MR) is 68.9 cm³/mol. The molecule has 1 aliphatic heterocycles. The molecule has 0 spiro atoms. The molecule has 1 saturated heterocycles. The van der Waals surface area contributed by atoms with Gasteiger partial charge in [0.05, 0.1) is 6.61 Å². The minimum absolute atomic E-state index is 0.0670. The first-order valence-electron chi connectivity index (χ1n) is 5.69. The first kappa shape index (κ1) is 13.4. The van der Waals surface area contributed by atoms with Crippen molar-refractivity contribution in [2.24, 2.45) is 0 Å². The summed E-state index contributed by atoms with van der Waals surface area (Å²) in [6.45, 7) is -0.0670. The van der Waals surface area contributed by atoms with Gasteiger partial charge in [-0.25, -0.2) is 4.79 Å². The van der Waals surface area contributed by atoms with Gasteiger partial charge >= 0.3 is 5.69 Å². The molecule has 2 heterocycles. The second-order valence-corrected chi connectivity index (χ2v) is 5.27. The Kier molecular flexibility index (Phi) is 3.94. The van der Waals surface area contributed by atoms with E-state index in [2.05, 4.69) is 4.98 Å². The molecule has 0 bridgehead atoms. The van der Waals surface area contributed by atoms with Crippen molar-refractivity contribution >= 4 is 11.8 Å². The Morgan fingerprint density at radius 2 is 2.44 bits per heavy atom. The summed E-state index contributed by atoms with van der Waals surface area (Å²) in [6.07, 6.45) is 4.29. The largest absolute Gasteiger partial charge is 0.393 e. The standard InChI is InChI=1S/C11H16N2O4S/c1-18-7-11(6-14)4-2-9(17-11)13-5-3-8(15)12-10(13)16/h3,5,9,14H,2,4,6-7H2,1H3,(H,12,15,16). The van der Waals surface area contributed by atoms with Crippen molar-refractivity contribution in [3.63, 3.8) is 0 Å². The van der Waals surface area contributed by atoms with Crippen molar-refractivity contribution in [3.8, 4) is 0 Å². The van der Waals surface area contributed by atoms with Crippen LogP contribution in [0.1, 0.15) is 19.1 Å². The molecule has 0 saturated carbocycles. The van der Waals surface area contributed by atoms with Crippen molar-refractivity contribution in [2.45, 2.75) is 24.7 Å². The summed E-state index contributed by atoms with van der Waals surface area (Å²) in [5.41, 5.74) is -1.49. The van der Waals surface area contributed by atoms with E-state index in [1.54, 1.807) is 11.8 Å². The Morgan fingerprint density at radius 1 is 1.67 bits per heavy atom. The zero-order valence-corrected chi connectivity index (χ0v) is 10.9. The fourth-order valence-electron chi connectivity index (χ4n) is 2.17. The van der Waals surface area contributed by atoms with E-state index in [9.17, 15) is 14.7 Å². The van der Waals surface area contributed by atoms with Gasteiger partial charge in [0.15, 0.2) is 0 Å². The Hall–Kier alpha value is -1.05. The number of rotatable bonds is 4. The quantitative estimate of drug-likeness (QED) is 0.802. The Labute approximate surface area is 108 Å². The number of aromatic amines is 1. The molecule has 0 aliphatic carbocycles. The molecule has 7 heteroatoms. The van der Waals surface area contributed by atoms with Crippen molar-refractivity contribution in [1.82, 2.24) is 9.55 Å². The van der Waals surface area contributed by atoms with Crippen molar-refractivity contribution in [1.29, 1.82) is 0 Å². The van der Waals surface area contributed by atoms with Gasteiger partial charge in [-0.2, -0.15) is 11.8 Å². The summed E-state index contributed by atoms with van der Waals surface area (Å²) in [5, 5.41) is 9.44. The first-order chi connectivity index (χ1) is 8.60. The third kappa shape index (κ3) is 2.52. The topological polar surface area (TPSA) is 84.3 Å². The van der Waals surface area contributed by atoms with E-state index in [0.717, 1.165) is 0 Å². The van der Waals surface area contributed by atoms with E-state index in [1.807, 2.05) is 6.26 Å². The maximum atomic E-state index is 11.6. The summed E-state index contributed by atoms with van der Waals surface area (Å²) in [5.74, 6) is 0.679. The monoisotopic (exact) mass is 272 g/mol. The number of hydrogen-bond acceptors (Lipinski definition) is 5. The summed E-state index contributed by atoms with van der Waals surface area (Å²) in [4.78, 5) is 24.8. The van der Waals surface area contributed by atoms with Crippen LogP contribution in [-0.2, 0) is 4.74 Å². The number of nitrogens with zero attached hydrogens (tertiary/aromatic N) is 1. The normalized spacial score (nSPS) is 27.6. The van der Waals surface area contributed by atoms with Crippen LogP contribution in [0.3, 0.4) is 0 Å². The highest BCUT2D eigenvalue weighted by Crippen LogP contribution is 2.37. The average molecular weight is 272 g/mol. The smallest absolute Gasteiger partial charge is 0.330 e. The van der Waals surface area contributed by atoms with Gasteiger partial charge in [-0.15, -0.1) is 0 Å². The fraction of sp³-hybridized carbons (Fsp3) is 0.636. The third-order valence-electron chi connectivity index (χ3n) is 3.09. The van der Waals surface area contributed by atoms with Crippen LogP contribution in [0.25, 0.3) is 0 Å². The molecule has 0 aromatic carbocycles. The molecule has 1 aliphatic rings. The maximum Gasteiger partial charge on any atom is 0.330 e. The van der Waals surface area contributed by atoms with Crippen LogP contribution >= 0.6 is 11.8 Å². The zero-order valence-electron chi connectivity index (χ0n) is 10.1. The highest BCUT2D eigenvalue weighted by molar-refractivity contribution is 7.98. The van der Waals surface area contributed by atoms with Crippen molar-refractivity contribution in [2.75, 3.05) is 18.6 Å². The SMILES string of the molecule is CSCC1(CO)CCC(n2ccc(=O)[nH]c2=O)O1. The van der Waals surface area contributed by atoms with Gasteiger partial charge in [0.25, 0.3) is 5.56 Å². The van der Waals surface area contributed by atoms with Crippen molar-refractivity contribution < 1.29 is 9.84 Å². The zero-order chi connectivity index (χ0) is 13.2. The summed E-state index contributed by atoms with van der Waals surface area (Å²) in [6, 6.07) is 1.29. The number of nitrogens with one attached hydrogen (secondary N) is 1. The number of H-pyrrole nitrogens is 1.